The molecule has 0 aromatic heterocycles. The molecule has 0 saturated carbocycles. The summed E-state index contributed by atoms with van der Waals surface area (Å²) in [5.41, 5.74) is 2.80. The quantitative estimate of drug-likeness (QED) is 0.680. The molecule has 0 amide bonds. The molecule has 1 unspecified atom stereocenters. The standard InChI is InChI=1S/C14H18O2/c1-2-14(15)16-10-12-8-5-7-11-6-3-4-9-13(11)12/h4-5,7,9,12H,2-3,6,8,10H2,1H3. The summed E-state index contributed by atoms with van der Waals surface area (Å²) < 4.78 is 5.24. The van der Waals surface area contributed by atoms with Gasteiger partial charge in [-0.2, -0.15) is 0 Å². The van der Waals surface area contributed by atoms with Crippen LogP contribution < -0.4 is 0 Å². The Hall–Kier alpha value is -1.31. The van der Waals surface area contributed by atoms with Crippen LogP contribution in [0.2, 0.25) is 0 Å². The van der Waals surface area contributed by atoms with E-state index in [4.69, 9.17) is 4.74 Å². The molecule has 0 radical (unpaired) electrons. The van der Waals surface area contributed by atoms with Crippen molar-refractivity contribution >= 4 is 5.97 Å². The summed E-state index contributed by atoms with van der Waals surface area (Å²) >= 11 is 0. The number of ether oxygens (including phenoxy) is 1. The fourth-order valence-corrected chi connectivity index (χ4v) is 2.23. The molecule has 2 aliphatic carbocycles. The van der Waals surface area contributed by atoms with Gasteiger partial charge in [0.25, 0.3) is 0 Å². The molecule has 2 rings (SSSR count). The van der Waals surface area contributed by atoms with E-state index in [0.717, 1.165) is 19.3 Å². The predicted molar refractivity (Wildman–Crippen MR) is 63.9 cm³/mol. The second-order valence-electron chi connectivity index (χ2n) is 4.29. The second-order valence-corrected chi connectivity index (χ2v) is 4.29. The Morgan fingerprint density at radius 2 is 2.31 bits per heavy atom. The van der Waals surface area contributed by atoms with Crippen molar-refractivity contribution in [3.63, 3.8) is 0 Å². The summed E-state index contributed by atoms with van der Waals surface area (Å²) in [6.45, 7) is 2.36. The van der Waals surface area contributed by atoms with Gasteiger partial charge in [-0.3, -0.25) is 4.79 Å². The van der Waals surface area contributed by atoms with Gasteiger partial charge in [0.05, 0.1) is 6.61 Å². The Kier molecular flexibility index (Phi) is 3.60. The maximum Gasteiger partial charge on any atom is 0.305 e. The first-order chi connectivity index (χ1) is 7.81. The number of hydrogen-bond donors (Lipinski definition) is 0. The van der Waals surface area contributed by atoms with Crippen LogP contribution in [-0.4, -0.2) is 12.6 Å². The van der Waals surface area contributed by atoms with Crippen LogP contribution >= 0.6 is 0 Å². The molecule has 0 N–H and O–H groups in total. The summed E-state index contributed by atoms with van der Waals surface area (Å²) in [5.74, 6) is 0.267. The van der Waals surface area contributed by atoms with E-state index in [1.54, 1.807) is 0 Å². The maximum atomic E-state index is 11.1. The van der Waals surface area contributed by atoms with Crippen LogP contribution in [0.5, 0.6) is 0 Å². The summed E-state index contributed by atoms with van der Waals surface area (Å²) in [4.78, 5) is 11.1. The summed E-state index contributed by atoms with van der Waals surface area (Å²) in [5, 5.41) is 0. The van der Waals surface area contributed by atoms with E-state index >= 15 is 0 Å². The Labute approximate surface area is 96.7 Å². The molecule has 16 heavy (non-hydrogen) atoms. The van der Waals surface area contributed by atoms with Gasteiger partial charge < -0.3 is 4.74 Å². The number of rotatable bonds is 3. The lowest BCUT2D eigenvalue weighted by Gasteiger charge is -2.25. The molecule has 0 spiro atoms. The van der Waals surface area contributed by atoms with Crippen LogP contribution in [0, 0.1) is 5.92 Å². The van der Waals surface area contributed by atoms with Gasteiger partial charge in [0.15, 0.2) is 0 Å². The number of carbonyl (C=O) groups excluding carboxylic acids is 1. The van der Waals surface area contributed by atoms with Crippen molar-refractivity contribution in [3.05, 3.63) is 35.5 Å². The van der Waals surface area contributed by atoms with Gasteiger partial charge in [0.1, 0.15) is 0 Å². The molecular weight excluding hydrogens is 200 g/mol. The highest BCUT2D eigenvalue weighted by Gasteiger charge is 2.20. The lowest BCUT2D eigenvalue weighted by molar-refractivity contribution is -0.144. The average molecular weight is 218 g/mol. The van der Waals surface area contributed by atoms with Crippen LogP contribution in [0.15, 0.2) is 35.5 Å². The molecule has 2 nitrogen and oxygen atoms in total. The van der Waals surface area contributed by atoms with Crippen molar-refractivity contribution in [2.45, 2.75) is 32.6 Å². The van der Waals surface area contributed by atoms with Gasteiger partial charge in [0, 0.05) is 12.3 Å². The van der Waals surface area contributed by atoms with E-state index in [0.29, 0.717) is 18.9 Å². The van der Waals surface area contributed by atoms with Crippen molar-refractivity contribution < 1.29 is 9.53 Å². The zero-order valence-corrected chi connectivity index (χ0v) is 9.74. The lowest BCUT2D eigenvalue weighted by atomic mass is 9.83. The summed E-state index contributed by atoms with van der Waals surface area (Å²) in [7, 11) is 0. The minimum atomic E-state index is -0.100. The number of hydrogen-bond acceptors (Lipinski definition) is 2. The maximum absolute atomic E-state index is 11.1. The molecule has 0 aromatic rings. The molecule has 86 valence electrons. The first-order valence-corrected chi connectivity index (χ1v) is 6.03. The van der Waals surface area contributed by atoms with Gasteiger partial charge >= 0.3 is 5.97 Å². The largest absolute Gasteiger partial charge is 0.465 e. The van der Waals surface area contributed by atoms with E-state index in [9.17, 15) is 4.79 Å². The zero-order chi connectivity index (χ0) is 11.4. The molecule has 0 saturated heterocycles. The highest BCUT2D eigenvalue weighted by atomic mass is 16.5. The summed E-state index contributed by atoms with van der Waals surface area (Å²) in [6, 6.07) is 0. The SMILES string of the molecule is CCC(=O)OCC1CC=CC2=C1C=CCC2. The zero-order valence-electron chi connectivity index (χ0n) is 9.74. The molecule has 2 heteroatoms. The van der Waals surface area contributed by atoms with Crippen LogP contribution in [0.25, 0.3) is 0 Å². The van der Waals surface area contributed by atoms with Crippen LogP contribution in [0.4, 0.5) is 0 Å². The molecule has 0 aliphatic heterocycles. The fraction of sp³-hybridized carbons (Fsp3) is 0.500. The van der Waals surface area contributed by atoms with Crippen molar-refractivity contribution in [2.24, 2.45) is 5.92 Å². The van der Waals surface area contributed by atoms with Gasteiger partial charge in [0.2, 0.25) is 0 Å². The van der Waals surface area contributed by atoms with Gasteiger partial charge in [-0.1, -0.05) is 31.2 Å². The highest BCUT2D eigenvalue weighted by molar-refractivity contribution is 5.68. The summed E-state index contributed by atoms with van der Waals surface area (Å²) in [6.07, 6.45) is 12.5. The number of esters is 1. The van der Waals surface area contributed by atoms with Gasteiger partial charge in [-0.25, -0.2) is 0 Å². The second kappa shape index (κ2) is 5.15. The lowest BCUT2D eigenvalue weighted by Crippen LogP contribution is -2.18. The van der Waals surface area contributed by atoms with E-state index in [-0.39, 0.29) is 5.97 Å². The fourth-order valence-electron chi connectivity index (χ4n) is 2.23. The Bertz CT molecular complexity index is 361. The normalized spacial score (nSPS) is 23.2. The third kappa shape index (κ3) is 2.43. The van der Waals surface area contributed by atoms with Crippen molar-refractivity contribution in [3.8, 4) is 0 Å². The molecule has 0 heterocycles. The van der Waals surface area contributed by atoms with Crippen molar-refractivity contribution in [2.75, 3.05) is 6.61 Å². The molecule has 0 bridgehead atoms. The van der Waals surface area contributed by atoms with Crippen LogP contribution in [-0.2, 0) is 9.53 Å². The smallest absolute Gasteiger partial charge is 0.305 e. The van der Waals surface area contributed by atoms with Gasteiger partial charge in [-0.05, 0) is 30.4 Å². The molecule has 1 atom stereocenters. The molecular formula is C14H18O2. The highest BCUT2D eigenvalue weighted by Crippen LogP contribution is 2.32. The third-order valence-electron chi connectivity index (χ3n) is 3.16. The molecule has 2 aliphatic rings. The number of carbonyl (C=O) groups is 1. The van der Waals surface area contributed by atoms with E-state index < -0.39 is 0 Å². The third-order valence-corrected chi connectivity index (χ3v) is 3.16. The molecule has 0 fully saturated rings. The Morgan fingerprint density at radius 1 is 1.44 bits per heavy atom. The minimum absolute atomic E-state index is 0.100. The van der Waals surface area contributed by atoms with Crippen LogP contribution in [0.3, 0.4) is 0 Å². The average Bonchev–Trinajstić information content (AvgIpc) is 2.35. The van der Waals surface area contributed by atoms with Crippen LogP contribution in [0.1, 0.15) is 32.6 Å². The Morgan fingerprint density at radius 3 is 3.12 bits per heavy atom. The van der Waals surface area contributed by atoms with E-state index in [1.807, 2.05) is 6.92 Å². The topological polar surface area (TPSA) is 26.3 Å². The monoisotopic (exact) mass is 218 g/mol. The first kappa shape index (κ1) is 11.2. The van der Waals surface area contributed by atoms with Crippen molar-refractivity contribution in [1.29, 1.82) is 0 Å². The molecule has 0 aromatic carbocycles. The van der Waals surface area contributed by atoms with Crippen molar-refractivity contribution in [1.82, 2.24) is 0 Å². The number of allylic oxidation sites excluding steroid dienone is 5. The predicted octanol–water partition coefficient (Wildman–Crippen LogP) is 3.16. The van der Waals surface area contributed by atoms with Gasteiger partial charge in [-0.15, -0.1) is 0 Å². The minimum Gasteiger partial charge on any atom is -0.465 e. The first-order valence-electron chi connectivity index (χ1n) is 6.03. The van der Waals surface area contributed by atoms with E-state index in [1.165, 1.54) is 11.1 Å². The van der Waals surface area contributed by atoms with E-state index in [2.05, 4.69) is 24.3 Å². The Balaban J connectivity index is 2.00.